The quantitative estimate of drug-likeness (QED) is 0.752. The number of benzene rings is 1. The molecule has 1 aliphatic carbocycles. The fourth-order valence-electron chi connectivity index (χ4n) is 2.71. The van der Waals surface area contributed by atoms with Crippen LogP contribution in [-0.4, -0.2) is 5.71 Å². The van der Waals surface area contributed by atoms with Crippen molar-refractivity contribution < 1.29 is 4.84 Å². The average molecular weight is 241 g/mol. The monoisotopic (exact) mass is 241 g/mol. The van der Waals surface area contributed by atoms with Gasteiger partial charge in [-0.3, -0.25) is 0 Å². The van der Waals surface area contributed by atoms with Crippen molar-refractivity contribution in [2.45, 2.75) is 44.6 Å². The van der Waals surface area contributed by atoms with E-state index in [0.29, 0.717) is 0 Å². The fraction of sp³-hybridized carbons (Fsp3) is 0.438. The first-order chi connectivity index (χ1) is 8.92. The molecule has 1 aromatic carbocycles. The number of allylic oxidation sites excluding steroid dienone is 2. The molecule has 2 aliphatic rings. The van der Waals surface area contributed by atoms with Crippen LogP contribution in [0.4, 0.5) is 0 Å². The van der Waals surface area contributed by atoms with Gasteiger partial charge in [-0.25, -0.2) is 0 Å². The van der Waals surface area contributed by atoms with Gasteiger partial charge in [-0.05, 0) is 37.3 Å². The first-order valence-corrected chi connectivity index (χ1v) is 6.89. The van der Waals surface area contributed by atoms with E-state index in [9.17, 15) is 0 Å². The van der Waals surface area contributed by atoms with E-state index in [4.69, 9.17) is 4.84 Å². The second-order valence-corrected chi connectivity index (χ2v) is 5.15. The van der Waals surface area contributed by atoms with Crippen LogP contribution in [0.2, 0.25) is 0 Å². The van der Waals surface area contributed by atoms with E-state index in [1.165, 1.54) is 37.7 Å². The molecule has 3 rings (SSSR count). The number of hydrogen-bond acceptors (Lipinski definition) is 2. The van der Waals surface area contributed by atoms with Crippen molar-refractivity contribution >= 4 is 5.71 Å². The first kappa shape index (κ1) is 11.5. The number of oxime groups is 1. The Balaban J connectivity index is 1.64. The zero-order chi connectivity index (χ0) is 12.2. The molecule has 0 spiro atoms. The lowest BCUT2D eigenvalue weighted by Crippen LogP contribution is -2.00. The summed E-state index contributed by atoms with van der Waals surface area (Å²) >= 11 is 0. The lowest BCUT2D eigenvalue weighted by Gasteiger charge is -2.13. The SMILES string of the molecule is C(=C1CCCCC1)C1=NOC(c2ccccc2)C1. The van der Waals surface area contributed by atoms with Gasteiger partial charge in [-0.2, -0.15) is 0 Å². The van der Waals surface area contributed by atoms with Crippen LogP contribution in [0.25, 0.3) is 0 Å². The van der Waals surface area contributed by atoms with Crippen molar-refractivity contribution in [1.29, 1.82) is 0 Å². The van der Waals surface area contributed by atoms with Crippen molar-refractivity contribution in [1.82, 2.24) is 0 Å². The lowest BCUT2D eigenvalue weighted by molar-refractivity contribution is 0.0857. The van der Waals surface area contributed by atoms with Gasteiger partial charge in [-0.15, -0.1) is 0 Å². The molecule has 1 unspecified atom stereocenters. The Labute approximate surface area is 108 Å². The molecule has 1 atom stereocenters. The van der Waals surface area contributed by atoms with Crippen molar-refractivity contribution in [2.24, 2.45) is 5.16 Å². The molecular weight excluding hydrogens is 222 g/mol. The highest BCUT2D eigenvalue weighted by Gasteiger charge is 2.21. The normalized spacial score (nSPS) is 23.4. The van der Waals surface area contributed by atoms with Gasteiger partial charge in [0.15, 0.2) is 6.10 Å². The van der Waals surface area contributed by atoms with Crippen LogP contribution in [0.15, 0.2) is 47.1 Å². The van der Waals surface area contributed by atoms with Gasteiger partial charge >= 0.3 is 0 Å². The van der Waals surface area contributed by atoms with Crippen LogP contribution in [-0.2, 0) is 4.84 Å². The molecule has 0 N–H and O–H groups in total. The molecule has 0 aromatic heterocycles. The molecule has 0 radical (unpaired) electrons. The Bertz CT molecular complexity index is 453. The van der Waals surface area contributed by atoms with E-state index in [1.807, 2.05) is 6.07 Å². The van der Waals surface area contributed by atoms with Crippen LogP contribution >= 0.6 is 0 Å². The standard InChI is InChI=1S/C16H19NO/c1-3-7-13(8-4-1)11-15-12-16(18-17-15)14-9-5-2-6-10-14/h2,5-6,9-11,16H,1,3-4,7-8,12H2. The molecule has 1 fully saturated rings. The summed E-state index contributed by atoms with van der Waals surface area (Å²) in [7, 11) is 0. The van der Waals surface area contributed by atoms with Gasteiger partial charge in [-0.1, -0.05) is 47.5 Å². The summed E-state index contributed by atoms with van der Waals surface area (Å²) in [5, 5.41) is 4.23. The zero-order valence-corrected chi connectivity index (χ0v) is 10.6. The summed E-state index contributed by atoms with van der Waals surface area (Å²) in [6.45, 7) is 0. The van der Waals surface area contributed by atoms with E-state index in [2.05, 4.69) is 35.5 Å². The minimum Gasteiger partial charge on any atom is -0.387 e. The molecule has 18 heavy (non-hydrogen) atoms. The van der Waals surface area contributed by atoms with Gasteiger partial charge in [0, 0.05) is 6.42 Å². The minimum absolute atomic E-state index is 0.113. The molecule has 94 valence electrons. The molecule has 1 aliphatic heterocycles. The first-order valence-electron chi connectivity index (χ1n) is 6.89. The Morgan fingerprint density at radius 1 is 1.06 bits per heavy atom. The smallest absolute Gasteiger partial charge is 0.158 e. The Morgan fingerprint density at radius 3 is 2.61 bits per heavy atom. The van der Waals surface area contributed by atoms with E-state index in [0.717, 1.165) is 12.1 Å². The van der Waals surface area contributed by atoms with E-state index in [1.54, 1.807) is 5.57 Å². The molecule has 0 bridgehead atoms. The maximum absolute atomic E-state index is 5.54. The van der Waals surface area contributed by atoms with Gasteiger partial charge in [0.05, 0.1) is 5.71 Å². The summed E-state index contributed by atoms with van der Waals surface area (Å²) < 4.78 is 0. The van der Waals surface area contributed by atoms with Crippen LogP contribution in [0.3, 0.4) is 0 Å². The Hall–Kier alpha value is -1.57. The minimum atomic E-state index is 0.113. The third kappa shape index (κ3) is 2.63. The van der Waals surface area contributed by atoms with Crippen LogP contribution < -0.4 is 0 Å². The highest BCUT2D eigenvalue weighted by molar-refractivity contribution is 5.96. The van der Waals surface area contributed by atoms with Gasteiger partial charge in [0.1, 0.15) is 0 Å². The average Bonchev–Trinajstić information content (AvgIpc) is 2.89. The predicted molar refractivity (Wildman–Crippen MR) is 73.5 cm³/mol. The molecule has 0 amide bonds. The van der Waals surface area contributed by atoms with Crippen molar-refractivity contribution in [3.63, 3.8) is 0 Å². The van der Waals surface area contributed by atoms with Crippen LogP contribution in [0, 0.1) is 0 Å². The second kappa shape index (κ2) is 5.38. The summed E-state index contributed by atoms with van der Waals surface area (Å²) in [6, 6.07) is 10.4. The number of rotatable bonds is 2. The Kier molecular flexibility index (Phi) is 3.44. The van der Waals surface area contributed by atoms with Gasteiger partial charge in [0.25, 0.3) is 0 Å². The Morgan fingerprint density at radius 2 is 1.83 bits per heavy atom. The van der Waals surface area contributed by atoms with Crippen molar-refractivity contribution in [3.8, 4) is 0 Å². The maximum atomic E-state index is 5.54. The second-order valence-electron chi connectivity index (χ2n) is 5.15. The summed E-state index contributed by atoms with van der Waals surface area (Å²) in [5.74, 6) is 0. The zero-order valence-electron chi connectivity index (χ0n) is 10.6. The van der Waals surface area contributed by atoms with Crippen LogP contribution in [0.1, 0.15) is 50.2 Å². The number of nitrogens with zero attached hydrogens (tertiary/aromatic N) is 1. The van der Waals surface area contributed by atoms with E-state index >= 15 is 0 Å². The molecule has 2 nitrogen and oxygen atoms in total. The third-order valence-electron chi connectivity index (χ3n) is 3.73. The topological polar surface area (TPSA) is 21.6 Å². The third-order valence-corrected chi connectivity index (χ3v) is 3.73. The number of hydrogen-bond donors (Lipinski definition) is 0. The fourth-order valence-corrected chi connectivity index (χ4v) is 2.71. The van der Waals surface area contributed by atoms with E-state index < -0.39 is 0 Å². The molecule has 0 saturated heterocycles. The summed E-state index contributed by atoms with van der Waals surface area (Å²) in [4.78, 5) is 5.54. The van der Waals surface area contributed by atoms with E-state index in [-0.39, 0.29) is 6.10 Å². The van der Waals surface area contributed by atoms with Crippen molar-refractivity contribution in [3.05, 3.63) is 47.5 Å². The van der Waals surface area contributed by atoms with Gasteiger partial charge in [0.2, 0.25) is 0 Å². The van der Waals surface area contributed by atoms with Crippen LogP contribution in [0.5, 0.6) is 0 Å². The summed E-state index contributed by atoms with van der Waals surface area (Å²) in [6.07, 6.45) is 9.83. The molecule has 2 heteroatoms. The van der Waals surface area contributed by atoms with Gasteiger partial charge < -0.3 is 4.84 Å². The molecule has 1 aromatic rings. The predicted octanol–water partition coefficient (Wildman–Crippen LogP) is 4.39. The lowest BCUT2D eigenvalue weighted by atomic mass is 9.93. The molecule has 1 saturated carbocycles. The largest absolute Gasteiger partial charge is 0.387 e. The highest BCUT2D eigenvalue weighted by atomic mass is 16.6. The van der Waals surface area contributed by atoms with Crippen molar-refractivity contribution in [2.75, 3.05) is 0 Å². The maximum Gasteiger partial charge on any atom is 0.158 e. The summed E-state index contributed by atoms with van der Waals surface area (Å²) in [5.41, 5.74) is 3.89. The highest BCUT2D eigenvalue weighted by Crippen LogP contribution is 2.29. The molecule has 1 heterocycles. The molecular formula is C16H19NO.